The molecule has 4 aromatic rings. The second-order valence-electron chi connectivity index (χ2n) is 7.94. The summed E-state index contributed by atoms with van der Waals surface area (Å²) in [6.45, 7) is 5.08. The molecule has 8 heteroatoms. The number of fused-ring (bicyclic) bond motifs is 1. The van der Waals surface area contributed by atoms with Gasteiger partial charge in [-0.15, -0.1) is 5.10 Å². The number of aryl methyl sites for hydroxylation is 1. The van der Waals surface area contributed by atoms with Gasteiger partial charge in [-0.3, -0.25) is 9.89 Å². The third-order valence-corrected chi connectivity index (χ3v) is 6.52. The zero-order valence-corrected chi connectivity index (χ0v) is 19.3. The van der Waals surface area contributed by atoms with Crippen LogP contribution in [0.15, 0.2) is 65.8 Å². The maximum atomic E-state index is 13.0. The number of carbonyl (C=O) groups excluding carboxylic acids is 1. The van der Waals surface area contributed by atoms with Crippen LogP contribution in [-0.4, -0.2) is 44.0 Å². The van der Waals surface area contributed by atoms with Gasteiger partial charge >= 0.3 is 0 Å². The number of nitrogens with zero attached hydrogens (tertiary/aromatic N) is 3. The first-order chi connectivity index (χ1) is 16.1. The Morgan fingerprint density at radius 3 is 2.70 bits per heavy atom. The molecule has 0 radical (unpaired) electrons. The highest BCUT2D eigenvalue weighted by atomic mass is 32.2. The van der Waals surface area contributed by atoms with Crippen molar-refractivity contribution in [1.29, 1.82) is 0 Å². The molecular formula is C25H24N4O3S. The third kappa shape index (κ3) is 4.52. The van der Waals surface area contributed by atoms with Gasteiger partial charge in [0.15, 0.2) is 29.2 Å². The Morgan fingerprint density at radius 2 is 1.88 bits per heavy atom. The van der Waals surface area contributed by atoms with Crippen LogP contribution in [0.2, 0.25) is 0 Å². The number of aromatic nitrogens is 4. The summed E-state index contributed by atoms with van der Waals surface area (Å²) in [5.41, 5.74) is 3.63. The molecule has 0 amide bonds. The van der Waals surface area contributed by atoms with Crippen molar-refractivity contribution in [3.8, 4) is 22.9 Å². The minimum Gasteiger partial charge on any atom is -0.486 e. The van der Waals surface area contributed by atoms with E-state index in [2.05, 4.69) is 19.7 Å². The van der Waals surface area contributed by atoms with E-state index in [1.807, 2.05) is 74.5 Å². The monoisotopic (exact) mass is 460 g/mol. The number of hydrogen-bond donors (Lipinski definition) is 1. The number of para-hydroxylation sites is 2. The molecule has 1 aliphatic rings. The number of H-pyrrole nitrogens is 1. The molecule has 3 heterocycles. The summed E-state index contributed by atoms with van der Waals surface area (Å²) >= 11 is 1.33. The normalized spacial score (nSPS) is 14.9. The number of aromatic amines is 1. The van der Waals surface area contributed by atoms with Gasteiger partial charge in [-0.25, -0.2) is 4.98 Å². The molecular weight excluding hydrogens is 436 g/mol. The summed E-state index contributed by atoms with van der Waals surface area (Å²) in [6.07, 6.45) is -0.119. The summed E-state index contributed by atoms with van der Waals surface area (Å²) in [5, 5.41) is 7.74. The van der Waals surface area contributed by atoms with Gasteiger partial charge in [-0.2, -0.15) is 0 Å². The van der Waals surface area contributed by atoms with Crippen molar-refractivity contribution < 1.29 is 14.3 Å². The van der Waals surface area contributed by atoms with Crippen LogP contribution in [-0.2, 0) is 6.54 Å². The number of ether oxygens (including phenoxy) is 2. The molecule has 5 rings (SSSR count). The van der Waals surface area contributed by atoms with Crippen LogP contribution < -0.4 is 9.47 Å². The lowest BCUT2D eigenvalue weighted by Gasteiger charge is -2.27. The van der Waals surface area contributed by atoms with Crippen molar-refractivity contribution in [1.82, 2.24) is 19.7 Å². The van der Waals surface area contributed by atoms with E-state index in [0.29, 0.717) is 24.1 Å². The SMILES string of the molecule is Cc1cc(C(=O)CSc2n[nH]c(-c3ccccc3)n2)c(C)n1CC1COc2ccccc2O1. The van der Waals surface area contributed by atoms with Gasteiger partial charge in [-0.05, 0) is 32.0 Å². The first-order valence-corrected chi connectivity index (χ1v) is 11.8. The van der Waals surface area contributed by atoms with E-state index in [0.717, 1.165) is 34.0 Å². The molecule has 168 valence electrons. The average molecular weight is 461 g/mol. The van der Waals surface area contributed by atoms with Crippen LogP contribution in [0.3, 0.4) is 0 Å². The summed E-state index contributed by atoms with van der Waals surface area (Å²) in [5.74, 6) is 2.54. The Labute approximate surface area is 196 Å². The minimum atomic E-state index is -0.119. The van der Waals surface area contributed by atoms with Gasteiger partial charge in [0.2, 0.25) is 5.16 Å². The zero-order valence-electron chi connectivity index (χ0n) is 18.4. The van der Waals surface area contributed by atoms with Crippen molar-refractivity contribution in [3.63, 3.8) is 0 Å². The zero-order chi connectivity index (χ0) is 22.8. The summed E-state index contributed by atoms with van der Waals surface area (Å²) in [7, 11) is 0. The fourth-order valence-corrected chi connectivity index (χ4v) is 4.65. The van der Waals surface area contributed by atoms with E-state index in [1.54, 1.807) is 0 Å². The van der Waals surface area contributed by atoms with Crippen LogP contribution in [0.25, 0.3) is 11.4 Å². The molecule has 7 nitrogen and oxygen atoms in total. The van der Waals surface area contributed by atoms with Crippen LogP contribution in [0, 0.1) is 13.8 Å². The summed E-state index contributed by atoms with van der Waals surface area (Å²) in [4.78, 5) is 17.5. The lowest BCUT2D eigenvalue weighted by Crippen LogP contribution is -2.33. The van der Waals surface area contributed by atoms with E-state index in [9.17, 15) is 4.79 Å². The fraction of sp³-hybridized carbons (Fsp3) is 0.240. The lowest BCUT2D eigenvalue weighted by molar-refractivity contribution is 0.0777. The molecule has 2 aromatic heterocycles. The molecule has 1 aliphatic heterocycles. The highest BCUT2D eigenvalue weighted by Gasteiger charge is 2.24. The largest absolute Gasteiger partial charge is 0.486 e. The number of nitrogens with one attached hydrogen (secondary N) is 1. The molecule has 0 spiro atoms. The van der Waals surface area contributed by atoms with Crippen molar-refractivity contribution in [2.75, 3.05) is 12.4 Å². The van der Waals surface area contributed by atoms with E-state index in [4.69, 9.17) is 9.47 Å². The van der Waals surface area contributed by atoms with Crippen molar-refractivity contribution >= 4 is 17.5 Å². The first kappa shape index (κ1) is 21.3. The second kappa shape index (κ2) is 9.15. The molecule has 0 aliphatic carbocycles. The highest BCUT2D eigenvalue weighted by Crippen LogP contribution is 2.32. The smallest absolute Gasteiger partial charge is 0.209 e. The third-order valence-electron chi connectivity index (χ3n) is 5.67. The molecule has 0 saturated heterocycles. The Morgan fingerprint density at radius 1 is 1.12 bits per heavy atom. The van der Waals surface area contributed by atoms with E-state index in [-0.39, 0.29) is 17.6 Å². The Balaban J connectivity index is 1.24. The van der Waals surface area contributed by atoms with Crippen molar-refractivity contribution in [2.45, 2.75) is 31.7 Å². The van der Waals surface area contributed by atoms with Crippen LogP contribution in [0.1, 0.15) is 21.7 Å². The number of carbonyl (C=O) groups is 1. The second-order valence-corrected chi connectivity index (χ2v) is 8.88. The summed E-state index contributed by atoms with van der Waals surface area (Å²) in [6, 6.07) is 19.4. The van der Waals surface area contributed by atoms with Crippen LogP contribution >= 0.6 is 11.8 Å². The number of thioether (sulfide) groups is 1. The standard InChI is InChI=1S/C25H24N4O3S/c1-16-12-20(17(2)29(16)13-19-14-31-22-10-6-7-11-23(22)32-19)21(30)15-33-25-26-24(27-28-25)18-8-4-3-5-9-18/h3-12,19H,13-15H2,1-2H3,(H,26,27,28). The van der Waals surface area contributed by atoms with Gasteiger partial charge in [0.25, 0.3) is 0 Å². The number of ketones is 1. The maximum Gasteiger partial charge on any atom is 0.209 e. The fourth-order valence-electron chi connectivity index (χ4n) is 3.96. The van der Waals surface area contributed by atoms with Gasteiger partial charge in [0, 0.05) is 22.5 Å². The van der Waals surface area contributed by atoms with Crippen molar-refractivity contribution in [3.05, 3.63) is 77.6 Å². The van der Waals surface area contributed by atoms with Crippen LogP contribution in [0.4, 0.5) is 0 Å². The van der Waals surface area contributed by atoms with Gasteiger partial charge in [-0.1, -0.05) is 54.2 Å². The Hall–Kier alpha value is -3.52. The number of hydrogen-bond acceptors (Lipinski definition) is 6. The minimum absolute atomic E-state index is 0.0524. The Kier molecular flexibility index (Phi) is 5.92. The predicted octanol–water partition coefficient (Wildman–Crippen LogP) is 4.71. The highest BCUT2D eigenvalue weighted by molar-refractivity contribution is 7.99. The number of rotatable bonds is 7. The van der Waals surface area contributed by atoms with E-state index < -0.39 is 0 Å². The van der Waals surface area contributed by atoms with Gasteiger partial charge in [0.05, 0.1) is 12.3 Å². The van der Waals surface area contributed by atoms with Gasteiger partial charge < -0.3 is 14.0 Å². The van der Waals surface area contributed by atoms with Gasteiger partial charge in [0.1, 0.15) is 6.61 Å². The molecule has 0 fully saturated rings. The molecule has 1 unspecified atom stereocenters. The molecule has 1 atom stereocenters. The predicted molar refractivity (Wildman–Crippen MR) is 127 cm³/mol. The summed E-state index contributed by atoms with van der Waals surface area (Å²) < 4.78 is 14.1. The maximum absolute atomic E-state index is 13.0. The molecule has 1 N–H and O–H groups in total. The number of benzene rings is 2. The number of Topliss-reactive ketones (excluding diaryl/α,β-unsaturated/α-hetero) is 1. The molecule has 0 bridgehead atoms. The average Bonchev–Trinajstić information content (AvgIpc) is 3.43. The lowest BCUT2D eigenvalue weighted by atomic mass is 10.2. The van der Waals surface area contributed by atoms with E-state index in [1.165, 1.54) is 11.8 Å². The molecule has 2 aromatic carbocycles. The first-order valence-electron chi connectivity index (χ1n) is 10.8. The molecule has 33 heavy (non-hydrogen) atoms. The quantitative estimate of drug-likeness (QED) is 0.318. The van der Waals surface area contributed by atoms with E-state index >= 15 is 0 Å². The Bertz CT molecular complexity index is 1280. The topological polar surface area (TPSA) is 82.0 Å². The van der Waals surface area contributed by atoms with Crippen molar-refractivity contribution in [2.24, 2.45) is 0 Å². The molecule has 0 saturated carbocycles. The van der Waals surface area contributed by atoms with Crippen LogP contribution in [0.5, 0.6) is 11.5 Å².